The van der Waals surface area contributed by atoms with Crippen LogP contribution in [0.2, 0.25) is 0 Å². The summed E-state index contributed by atoms with van der Waals surface area (Å²) in [6, 6.07) is 14.4. The number of anilines is 1. The van der Waals surface area contributed by atoms with Gasteiger partial charge in [0.05, 0.1) is 0 Å². The minimum atomic E-state index is -0.0487. The first kappa shape index (κ1) is 12.3. The Kier molecular flexibility index (Phi) is 3.57. The largest absolute Gasteiger partial charge is 0.301 e. The predicted molar refractivity (Wildman–Crippen MR) is 85.0 cm³/mol. The van der Waals surface area contributed by atoms with E-state index in [2.05, 4.69) is 45.1 Å². The summed E-state index contributed by atoms with van der Waals surface area (Å²) in [5, 5.41) is 8.21. The molecule has 96 valence electrons. The number of rotatable bonds is 4. The molecule has 1 aromatic carbocycles. The van der Waals surface area contributed by atoms with Gasteiger partial charge in [-0.05, 0) is 23.6 Å². The van der Waals surface area contributed by atoms with E-state index in [4.69, 9.17) is 12.2 Å². The van der Waals surface area contributed by atoms with Gasteiger partial charge in [-0.25, -0.2) is 0 Å². The average Bonchev–Trinajstić information content (AvgIpc) is 3.09. The molecular formula is C14H13N3S2. The van der Waals surface area contributed by atoms with Crippen LogP contribution in [0.3, 0.4) is 0 Å². The van der Waals surface area contributed by atoms with Gasteiger partial charge in [-0.3, -0.25) is 5.43 Å². The molecule has 1 N–H and O–H groups in total. The molecule has 3 rings (SSSR count). The molecule has 0 bridgehead atoms. The van der Waals surface area contributed by atoms with E-state index < -0.39 is 0 Å². The van der Waals surface area contributed by atoms with Gasteiger partial charge in [0, 0.05) is 22.4 Å². The fourth-order valence-electron chi connectivity index (χ4n) is 2.10. The fourth-order valence-corrected chi connectivity index (χ4v) is 2.98. The lowest BCUT2D eigenvalue weighted by Gasteiger charge is -2.24. The van der Waals surface area contributed by atoms with Crippen LogP contribution >= 0.6 is 23.6 Å². The van der Waals surface area contributed by atoms with Crippen molar-refractivity contribution >= 4 is 40.4 Å². The zero-order valence-corrected chi connectivity index (χ0v) is 11.8. The molecule has 1 unspecified atom stereocenters. The van der Waals surface area contributed by atoms with Gasteiger partial charge in [-0.1, -0.05) is 36.5 Å². The first-order valence-corrected chi connectivity index (χ1v) is 7.37. The second kappa shape index (κ2) is 5.50. The Bertz CT molecular complexity index is 578. The Balaban J connectivity index is 1.88. The van der Waals surface area contributed by atoms with E-state index in [9.17, 15) is 0 Å². The normalized spacial score (nSPS) is 18.0. The Morgan fingerprint density at radius 2 is 2.11 bits per heavy atom. The van der Waals surface area contributed by atoms with Crippen molar-refractivity contribution in [3.8, 4) is 0 Å². The monoisotopic (exact) mass is 287 g/mol. The Morgan fingerprint density at radius 1 is 1.26 bits per heavy atom. The van der Waals surface area contributed by atoms with Crippen molar-refractivity contribution in [1.82, 2.24) is 5.43 Å². The van der Waals surface area contributed by atoms with Crippen molar-refractivity contribution in [1.29, 1.82) is 0 Å². The lowest BCUT2D eigenvalue weighted by atomic mass is 10.2. The quantitative estimate of drug-likeness (QED) is 0.876. The van der Waals surface area contributed by atoms with E-state index in [1.54, 1.807) is 16.7 Å². The summed E-state index contributed by atoms with van der Waals surface area (Å²) in [5.74, 6) is 1.000. The number of hydrogen-bond acceptors (Lipinski definition) is 5. The molecule has 2 heterocycles. The maximum atomic E-state index is 5.09. The second-order valence-electron chi connectivity index (χ2n) is 4.20. The minimum absolute atomic E-state index is 0.0487. The van der Waals surface area contributed by atoms with E-state index in [-0.39, 0.29) is 6.17 Å². The maximum Gasteiger partial charge on any atom is 0.150 e. The lowest BCUT2D eigenvalue weighted by molar-refractivity contribution is 0.734. The molecule has 0 radical (unpaired) electrons. The molecule has 1 aromatic heterocycles. The second-order valence-corrected chi connectivity index (χ2v) is 5.50. The molecule has 3 nitrogen and oxygen atoms in total. The third-order valence-corrected chi connectivity index (χ3v) is 4.09. The summed E-state index contributed by atoms with van der Waals surface area (Å²) >= 11 is 6.83. The number of amidine groups is 1. The van der Waals surface area contributed by atoms with Gasteiger partial charge in [0.15, 0.2) is 0 Å². The first-order valence-electron chi connectivity index (χ1n) is 6.02. The highest BCUT2D eigenvalue weighted by Gasteiger charge is 2.27. The molecule has 1 aliphatic heterocycles. The number of hydrogen-bond donors (Lipinski definition) is 1. The molecule has 5 heteroatoms. The molecule has 19 heavy (non-hydrogen) atoms. The van der Waals surface area contributed by atoms with Crippen LogP contribution in [0.5, 0.6) is 0 Å². The van der Waals surface area contributed by atoms with Crippen LogP contribution in [0.25, 0.3) is 0 Å². The zero-order chi connectivity index (χ0) is 13.1. The molecule has 2 aromatic rings. The molecule has 1 aliphatic rings. The fraction of sp³-hybridized carbons (Fsp3) is 0.143. The summed E-state index contributed by atoms with van der Waals surface area (Å²) in [7, 11) is 0. The van der Waals surface area contributed by atoms with Crippen molar-refractivity contribution < 1.29 is 0 Å². The zero-order valence-electron chi connectivity index (χ0n) is 10.2. The molecule has 0 saturated carbocycles. The van der Waals surface area contributed by atoms with Gasteiger partial charge in [0.1, 0.15) is 12.0 Å². The maximum absolute atomic E-state index is 5.09. The summed E-state index contributed by atoms with van der Waals surface area (Å²) in [4.78, 5) is 3.44. The molecule has 0 saturated heterocycles. The van der Waals surface area contributed by atoms with Gasteiger partial charge in [-0.2, -0.15) is 5.10 Å². The molecule has 0 aliphatic carbocycles. The molecule has 1 atom stereocenters. The number of benzene rings is 1. The molecule has 0 fully saturated rings. The Hall–Kier alpha value is -1.72. The minimum Gasteiger partial charge on any atom is -0.301 e. The summed E-state index contributed by atoms with van der Waals surface area (Å²) in [6.07, 6.45) is 0.770. The van der Waals surface area contributed by atoms with E-state index >= 15 is 0 Å². The van der Waals surface area contributed by atoms with Crippen LogP contribution in [0.1, 0.15) is 4.88 Å². The number of thiocarbonyl (C=S) groups is 1. The number of thiophene rings is 1. The predicted octanol–water partition coefficient (Wildman–Crippen LogP) is 3.04. The van der Waals surface area contributed by atoms with Crippen molar-refractivity contribution in [2.24, 2.45) is 5.10 Å². The third kappa shape index (κ3) is 2.52. The molecule has 0 amide bonds. The van der Waals surface area contributed by atoms with Gasteiger partial charge in [0.25, 0.3) is 0 Å². The van der Waals surface area contributed by atoms with Crippen LogP contribution in [0.15, 0.2) is 52.9 Å². The van der Waals surface area contributed by atoms with E-state index in [1.165, 1.54) is 4.88 Å². The van der Waals surface area contributed by atoms with Crippen molar-refractivity contribution in [3.05, 3.63) is 52.7 Å². The highest BCUT2D eigenvalue weighted by molar-refractivity contribution is 7.79. The Morgan fingerprint density at radius 3 is 2.79 bits per heavy atom. The highest BCUT2D eigenvalue weighted by atomic mass is 32.1. The van der Waals surface area contributed by atoms with Crippen LogP contribution in [-0.4, -0.2) is 17.4 Å². The van der Waals surface area contributed by atoms with E-state index in [0.717, 1.165) is 17.9 Å². The molecule has 0 spiro atoms. The van der Waals surface area contributed by atoms with Crippen molar-refractivity contribution in [3.63, 3.8) is 0 Å². The van der Waals surface area contributed by atoms with E-state index in [0.29, 0.717) is 0 Å². The Labute approximate surface area is 121 Å². The SMILES string of the molecule is S=CC1NN=C(Cc2cccs2)N1c1ccccc1. The van der Waals surface area contributed by atoms with Crippen molar-refractivity contribution in [2.75, 3.05) is 4.90 Å². The summed E-state index contributed by atoms with van der Waals surface area (Å²) < 4.78 is 0. The van der Waals surface area contributed by atoms with Gasteiger partial charge in [0.2, 0.25) is 0 Å². The number of nitrogens with zero attached hydrogens (tertiary/aromatic N) is 2. The van der Waals surface area contributed by atoms with Gasteiger partial charge in [-0.15, -0.1) is 11.3 Å². The highest BCUT2D eigenvalue weighted by Crippen LogP contribution is 2.22. The first-order chi connectivity index (χ1) is 9.38. The summed E-state index contributed by atoms with van der Waals surface area (Å²) in [5.41, 5.74) is 4.18. The number of hydrazone groups is 1. The standard InChI is InChI=1S/C14H13N3S2/c18-10-14-16-15-13(9-12-7-4-8-19-12)17(14)11-5-2-1-3-6-11/h1-8,10,14,16H,9H2. The van der Waals surface area contributed by atoms with Crippen LogP contribution in [0.4, 0.5) is 5.69 Å². The number of nitrogens with one attached hydrogen (secondary N) is 1. The lowest BCUT2D eigenvalue weighted by Crippen LogP contribution is -2.41. The van der Waals surface area contributed by atoms with Crippen LogP contribution < -0.4 is 10.3 Å². The van der Waals surface area contributed by atoms with Gasteiger partial charge >= 0.3 is 0 Å². The topological polar surface area (TPSA) is 27.6 Å². The summed E-state index contributed by atoms with van der Waals surface area (Å²) in [6.45, 7) is 0. The van der Waals surface area contributed by atoms with Gasteiger partial charge < -0.3 is 4.90 Å². The average molecular weight is 287 g/mol. The number of para-hydroxylation sites is 1. The van der Waals surface area contributed by atoms with E-state index in [1.807, 2.05) is 18.2 Å². The van der Waals surface area contributed by atoms with Crippen LogP contribution in [0, 0.1) is 0 Å². The van der Waals surface area contributed by atoms with Crippen LogP contribution in [-0.2, 0) is 6.42 Å². The molecular weight excluding hydrogens is 274 g/mol. The third-order valence-electron chi connectivity index (χ3n) is 2.96. The van der Waals surface area contributed by atoms with Crippen molar-refractivity contribution in [2.45, 2.75) is 12.6 Å². The smallest absolute Gasteiger partial charge is 0.150 e.